The van der Waals surface area contributed by atoms with Gasteiger partial charge in [-0.2, -0.15) is 0 Å². The molecule has 0 aromatic heterocycles. The lowest BCUT2D eigenvalue weighted by Gasteiger charge is -2.14. The molecule has 2 nitrogen and oxygen atoms in total. The van der Waals surface area contributed by atoms with Crippen LogP contribution < -0.4 is 10.1 Å². The Kier molecular flexibility index (Phi) is 5.39. The van der Waals surface area contributed by atoms with Gasteiger partial charge in [-0.05, 0) is 36.9 Å². The second-order valence-corrected chi connectivity index (χ2v) is 5.32. The van der Waals surface area contributed by atoms with Crippen LogP contribution in [0.5, 0.6) is 5.75 Å². The van der Waals surface area contributed by atoms with Gasteiger partial charge in [0.05, 0.1) is 5.02 Å². The third kappa shape index (κ3) is 4.30. The fourth-order valence-corrected chi connectivity index (χ4v) is 2.54. The summed E-state index contributed by atoms with van der Waals surface area (Å²) in [6.07, 6.45) is 0. The summed E-state index contributed by atoms with van der Waals surface area (Å²) in [6.45, 7) is 0.514. The molecule has 0 aliphatic rings. The maximum absolute atomic E-state index is 13.1. The van der Waals surface area contributed by atoms with Gasteiger partial charge in [0.2, 0.25) is 0 Å². The van der Waals surface area contributed by atoms with E-state index in [9.17, 15) is 8.78 Å². The van der Waals surface area contributed by atoms with Crippen molar-refractivity contribution in [3.05, 3.63) is 63.1 Å². The van der Waals surface area contributed by atoms with Crippen molar-refractivity contribution in [2.24, 2.45) is 0 Å². The largest absolute Gasteiger partial charge is 0.487 e. The number of rotatable bonds is 5. The zero-order chi connectivity index (χ0) is 15.4. The number of halogens is 4. The summed E-state index contributed by atoms with van der Waals surface area (Å²) in [5.74, 6) is -0.849. The van der Waals surface area contributed by atoms with Crippen molar-refractivity contribution in [3.8, 4) is 5.75 Å². The van der Waals surface area contributed by atoms with Crippen molar-refractivity contribution >= 4 is 23.2 Å². The van der Waals surface area contributed by atoms with E-state index in [0.29, 0.717) is 27.9 Å². The highest BCUT2D eigenvalue weighted by molar-refractivity contribution is 6.35. The Labute approximate surface area is 131 Å². The monoisotopic (exact) mass is 331 g/mol. The van der Waals surface area contributed by atoms with Crippen molar-refractivity contribution in [1.29, 1.82) is 0 Å². The maximum Gasteiger partial charge on any atom is 0.142 e. The summed E-state index contributed by atoms with van der Waals surface area (Å²) in [6, 6.07) is 6.52. The molecule has 0 atom stereocenters. The smallest absolute Gasteiger partial charge is 0.142 e. The number of nitrogens with one attached hydrogen (secondary N) is 1. The van der Waals surface area contributed by atoms with Gasteiger partial charge in [-0.3, -0.25) is 0 Å². The van der Waals surface area contributed by atoms with Gasteiger partial charge >= 0.3 is 0 Å². The van der Waals surface area contributed by atoms with Gasteiger partial charge in [0, 0.05) is 23.2 Å². The molecule has 1 N–H and O–H groups in total. The van der Waals surface area contributed by atoms with Gasteiger partial charge in [0.1, 0.15) is 24.0 Å². The predicted octanol–water partition coefficient (Wildman–Crippen LogP) is 4.57. The topological polar surface area (TPSA) is 21.3 Å². The van der Waals surface area contributed by atoms with E-state index < -0.39 is 11.6 Å². The lowest BCUT2D eigenvalue weighted by Crippen LogP contribution is -2.08. The molecular formula is C15H13Cl2F2NO. The van der Waals surface area contributed by atoms with Crippen LogP contribution in [-0.4, -0.2) is 7.05 Å². The molecule has 0 aliphatic carbocycles. The van der Waals surface area contributed by atoms with E-state index >= 15 is 0 Å². The van der Waals surface area contributed by atoms with Crippen LogP contribution >= 0.6 is 23.2 Å². The van der Waals surface area contributed by atoms with Gasteiger partial charge in [-0.15, -0.1) is 0 Å². The molecule has 21 heavy (non-hydrogen) atoms. The summed E-state index contributed by atoms with van der Waals surface area (Å²) in [5, 5.41) is 3.82. The highest BCUT2D eigenvalue weighted by Crippen LogP contribution is 2.33. The van der Waals surface area contributed by atoms with Gasteiger partial charge in [-0.1, -0.05) is 23.2 Å². The molecule has 0 bridgehead atoms. The Morgan fingerprint density at radius 1 is 1.05 bits per heavy atom. The van der Waals surface area contributed by atoms with Crippen LogP contribution in [0.4, 0.5) is 8.78 Å². The Morgan fingerprint density at radius 3 is 2.33 bits per heavy atom. The zero-order valence-corrected chi connectivity index (χ0v) is 12.7. The number of benzene rings is 2. The van der Waals surface area contributed by atoms with Crippen molar-refractivity contribution in [1.82, 2.24) is 5.32 Å². The van der Waals surface area contributed by atoms with Crippen LogP contribution in [0.1, 0.15) is 11.1 Å². The first kappa shape index (κ1) is 16.0. The van der Waals surface area contributed by atoms with Crippen molar-refractivity contribution < 1.29 is 13.5 Å². The maximum atomic E-state index is 13.1. The normalized spacial score (nSPS) is 10.7. The van der Waals surface area contributed by atoms with Crippen molar-refractivity contribution in [2.75, 3.05) is 7.05 Å². The van der Waals surface area contributed by atoms with E-state index in [2.05, 4.69) is 5.32 Å². The van der Waals surface area contributed by atoms with Crippen LogP contribution in [0.3, 0.4) is 0 Å². The number of hydrogen-bond donors (Lipinski definition) is 1. The molecule has 6 heteroatoms. The average molecular weight is 332 g/mol. The molecule has 0 amide bonds. The minimum Gasteiger partial charge on any atom is -0.487 e. The third-order valence-corrected chi connectivity index (χ3v) is 3.26. The van der Waals surface area contributed by atoms with E-state index in [-0.39, 0.29) is 6.61 Å². The summed E-state index contributed by atoms with van der Waals surface area (Å²) >= 11 is 12.1. The van der Waals surface area contributed by atoms with Crippen LogP contribution in [0.2, 0.25) is 10.0 Å². The average Bonchev–Trinajstić information content (AvgIpc) is 2.36. The fraction of sp³-hybridized carbons (Fsp3) is 0.200. The summed E-state index contributed by atoms with van der Waals surface area (Å²) in [4.78, 5) is 0. The second-order valence-electron chi connectivity index (χ2n) is 4.47. The molecule has 0 saturated heterocycles. The molecule has 0 heterocycles. The lowest BCUT2D eigenvalue weighted by molar-refractivity contribution is 0.301. The molecular weight excluding hydrogens is 319 g/mol. The molecule has 0 spiro atoms. The Morgan fingerprint density at radius 2 is 1.71 bits per heavy atom. The van der Waals surface area contributed by atoms with Crippen molar-refractivity contribution in [2.45, 2.75) is 13.2 Å². The molecule has 2 aromatic carbocycles. The summed E-state index contributed by atoms with van der Waals surface area (Å²) in [5.41, 5.74) is 1.15. The molecule has 112 valence electrons. The van der Waals surface area contributed by atoms with Gasteiger partial charge in [-0.25, -0.2) is 8.78 Å². The molecule has 0 unspecified atom stereocenters. The quantitative estimate of drug-likeness (QED) is 0.866. The molecule has 0 aliphatic heterocycles. The Hall–Kier alpha value is -1.36. The van der Waals surface area contributed by atoms with E-state index in [0.717, 1.165) is 11.6 Å². The highest BCUT2D eigenvalue weighted by Gasteiger charge is 2.11. The molecule has 0 saturated carbocycles. The standard InChI is InChI=1S/C15H13Cl2F2NO/c1-20-7-10-4-11(16)5-14(17)15(10)21-8-9-2-12(18)6-13(19)3-9/h2-6,20H,7-8H2,1H3. The van der Waals surface area contributed by atoms with Crippen molar-refractivity contribution in [3.63, 3.8) is 0 Å². The zero-order valence-electron chi connectivity index (χ0n) is 11.2. The number of ether oxygens (including phenoxy) is 1. The first-order valence-corrected chi connectivity index (χ1v) is 6.95. The second kappa shape index (κ2) is 7.07. The van der Waals surface area contributed by atoms with Crippen LogP contribution in [0, 0.1) is 11.6 Å². The number of hydrogen-bond acceptors (Lipinski definition) is 2. The minimum absolute atomic E-state index is 0.00669. The van der Waals surface area contributed by atoms with E-state index in [1.807, 2.05) is 0 Å². The first-order valence-electron chi connectivity index (χ1n) is 6.20. The van der Waals surface area contributed by atoms with E-state index in [1.54, 1.807) is 19.2 Å². The van der Waals surface area contributed by atoms with Crippen LogP contribution in [-0.2, 0) is 13.2 Å². The summed E-state index contributed by atoms with van der Waals surface area (Å²) < 4.78 is 31.9. The molecule has 2 rings (SSSR count). The minimum atomic E-state index is -0.647. The van der Waals surface area contributed by atoms with Crippen LogP contribution in [0.25, 0.3) is 0 Å². The van der Waals surface area contributed by atoms with E-state index in [4.69, 9.17) is 27.9 Å². The lowest BCUT2D eigenvalue weighted by atomic mass is 10.2. The Bertz CT molecular complexity index is 630. The molecule has 0 radical (unpaired) electrons. The van der Waals surface area contributed by atoms with Gasteiger partial charge in [0.25, 0.3) is 0 Å². The SMILES string of the molecule is CNCc1cc(Cl)cc(Cl)c1OCc1cc(F)cc(F)c1. The highest BCUT2D eigenvalue weighted by atomic mass is 35.5. The third-order valence-electron chi connectivity index (χ3n) is 2.76. The predicted molar refractivity (Wildman–Crippen MR) is 79.9 cm³/mol. The van der Waals surface area contributed by atoms with Crippen LogP contribution in [0.15, 0.2) is 30.3 Å². The summed E-state index contributed by atoms with van der Waals surface area (Å²) in [7, 11) is 1.78. The fourth-order valence-electron chi connectivity index (χ4n) is 1.95. The van der Waals surface area contributed by atoms with Gasteiger partial charge in [0.15, 0.2) is 0 Å². The van der Waals surface area contributed by atoms with Gasteiger partial charge < -0.3 is 10.1 Å². The molecule has 2 aromatic rings. The molecule has 0 fully saturated rings. The Balaban J connectivity index is 2.22. The van der Waals surface area contributed by atoms with E-state index in [1.165, 1.54) is 12.1 Å². The first-order chi connectivity index (χ1) is 9.99.